The van der Waals surface area contributed by atoms with Crippen LogP contribution in [0.4, 0.5) is 0 Å². The van der Waals surface area contributed by atoms with Gasteiger partial charge in [0.15, 0.2) is 0 Å². The maximum atomic E-state index is 12.0. The van der Waals surface area contributed by atoms with Gasteiger partial charge in [0.2, 0.25) is 0 Å². The van der Waals surface area contributed by atoms with Gasteiger partial charge in [-0.1, -0.05) is 6.92 Å². The van der Waals surface area contributed by atoms with Crippen LogP contribution in [0.15, 0.2) is 66.7 Å². The fourth-order valence-electron chi connectivity index (χ4n) is 4.84. The second-order valence-electron chi connectivity index (χ2n) is 9.27. The Morgan fingerprint density at radius 3 is 2.50 bits per heavy atom. The molecule has 0 unspecified atom stereocenters. The number of nitrogens with one attached hydrogen (secondary N) is 1. The fourth-order valence-corrected chi connectivity index (χ4v) is 5.51. The van der Waals surface area contributed by atoms with E-state index >= 15 is 0 Å². The van der Waals surface area contributed by atoms with Crippen molar-refractivity contribution in [3.8, 4) is 28.1 Å². The van der Waals surface area contributed by atoms with Gasteiger partial charge in [-0.25, -0.2) is 0 Å². The number of hydrogen-bond acceptors (Lipinski definition) is 2. The van der Waals surface area contributed by atoms with Crippen molar-refractivity contribution in [2.45, 2.75) is 52.5 Å². The van der Waals surface area contributed by atoms with Gasteiger partial charge in [-0.15, -0.1) is 0 Å². The summed E-state index contributed by atoms with van der Waals surface area (Å²) in [6.07, 6.45) is 4.55. The van der Waals surface area contributed by atoms with Crippen molar-refractivity contribution in [3.63, 3.8) is 0 Å². The van der Waals surface area contributed by atoms with E-state index in [1.54, 1.807) is 7.11 Å². The molecule has 4 rings (SSSR count). The molecule has 1 aromatic heterocycles. The Labute approximate surface area is 222 Å². The summed E-state index contributed by atoms with van der Waals surface area (Å²) >= 11 is 2.77. The van der Waals surface area contributed by atoms with Crippen LogP contribution in [0, 0.1) is 6.92 Å². The van der Waals surface area contributed by atoms with Crippen molar-refractivity contribution in [2.75, 3.05) is 13.7 Å². The van der Waals surface area contributed by atoms with E-state index in [1.165, 1.54) is 43.3 Å². The molecule has 0 aliphatic heterocycles. The number of rotatable bonds is 11. The van der Waals surface area contributed by atoms with Crippen molar-refractivity contribution in [2.24, 2.45) is 0 Å². The number of carbonyl (C=O) groups is 1. The zero-order chi connectivity index (χ0) is 25.5. The normalized spacial score (nSPS) is 11.1. The molecule has 0 radical (unpaired) electrons. The van der Waals surface area contributed by atoms with Crippen LogP contribution in [0.3, 0.4) is 0 Å². The molecular formula is C31H36N2O2Se. The van der Waals surface area contributed by atoms with Crippen LogP contribution in [0.25, 0.3) is 33.3 Å². The van der Waals surface area contributed by atoms with Crippen LogP contribution in [-0.4, -0.2) is 40.1 Å². The Morgan fingerprint density at radius 1 is 0.972 bits per heavy atom. The molecule has 0 aliphatic carbocycles. The fraction of sp³-hybridized carbons (Fsp3) is 0.323. The second-order valence-corrected chi connectivity index (χ2v) is 10.3. The van der Waals surface area contributed by atoms with Gasteiger partial charge in [-0.3, -0.25) is 0 Å². The summed E-state index contributed by atoms with van der Waals surface area (Å²) in [6, 6.07) is 23.6. The molecule has 0 saturated heterocycles. The Morgan fingerprint density at radius 2 is 1.78 bits per heavy atom. The average molecular weight is 548 g/mol. The van der Waals surface area contributed by atoms with E-state index in [2.05, 4.69) is 100 Å². The van der Waals surface area contributed by atoms with Gasteiger partial charge in [0.05, 0.1) is 0 Å². The third-order valence-corrected chi connectivity index (χ3v) is 7.52. The summed E-state index contributed by atoms with van der Waals surface area (Å²) < 4.78 is 9.19. The van der Waals surface area contributed by atoms with Gasteiger partial charge in [0, 0.05) is 0 Å². The minimum atomic E-state index is 0.166. The van der Waals surface area contributed by atoms with E-state index in [0.717, 1.165) is 44.5 Å². The number of nitrogens with zero attached hydrogens (tertiary/aromatic N) is 1. The van der Waals surface area contributed by atoms with Gasteiger partial charge in [-0.05, 0) is 6.42 Å². The molecule has 188 valence electrons. The molecule has 1 amide bonds. The van der Waals surface area contributed by atoms with E-state index in [1.807, 2.05) is 6.07 Å². The molecule has 0 atom stereocenters. The van der Waals surface area contributed by atoms with Crippen LogP contribution in [0.1, 0.15) is 44.6 Å². The first-order valence-electron chi connectivity index (χ1n) is 12.9. The molecule has 1 heterocycles. The van der Waals surface area contributed by atoms with E-state index in [0.29, 0.717) is 6.42 Å². The quantitative estimate of drug-likeness (QED) is 0.188. The summed E-state index contributed by atoms with van der Waals surface area (Å²) in [5.74, 6) is 1.04. The molecule has 4 nitrogen and oxygen atoms in total. The first kappa shape index (κ1) is 26.1. The van der Waals surface area contributed by atoms with Gasteiger partial charge >= 0.3 is 210 Å². The molecule has 0 aliphatic rings. The van der Waals surface area contributed by atoms with Gasteiger partial charge in [0.25, 0.3) is 0 Å². The molecule has 36 heavy (non-hydrogen) atoms. The van der Waals surface area contributed by atoms with Crippen molar-refractivity contribution < 1.29 is 9.53 Å². The number of aromatic nitrogens is 1. The van der Waals surface area contributed by atoms with Crippen molar-refractivity contribution >= 4 is 37.3 Å². The molecule has 0 fully saturated rings. The summed E-state index contributed by atoms with van der Waals surface area (Å²) in [5, 5.41) is 4.20. The first-order chi connectivity index (χ1) is 17.5. The molecule has 3 aromatic carbocycles. The van der Waals surface area contributed by atoms with Crippen LogP contribution < -0.4 is 14.5 Å². The molecule has 5 heteroatoms. The Kier molecular flexibility index (Phi) is 8.90. The number of hydrogen-bond donors (Lipinski definition) is 1. The Bertz CT molecular complexity index is 1330. The van der Waals surface area contributed by atoms with E-state index in [4.69, 9.17) is 4.74 Å². The zero-order valence-corrected chi connectivity index (χ0v) is 23.4. The number of unbranched alkanes of at least 4 members (excludes halogenated alkanes) is 2. The van der Waals surface area contributed by atoms with Crippen LogP contribution in [0.5, 0.6) is 5.75 Å². The molecule has 0 bridgehead atoms. The molecule has 0 saturated carbocycles. The maximum absolute atomic E-state index is 12.0. The second kappa shape index (κ2) is 12.3. The van der Waals surface area contributed by atoms with E-state index < -0.39 is 0 Å². The minimum absolute atomic E-state index is 0.166. The van der Waals surface area contributed by atoms with Crippen LogP contribution >= 0.6 is 0 Å². The van der Waals surface area contributed by atoms with Crippen molar-refractivity contribution in [3.05, 3.63) is 72.3 Å². The molecule has 4 aromatic rings. The van der Waals surface area contributed by atoms with Gasteiger partial charge in [0.1, 0.15) is 0 Å². The zero-order valence-electron chi connectivity index (χ0n) is 21.5. The Hall–Kier alpha value is -3.01. The number of ether oxygens (including phenoxy) is 1. The monoisotopic (exact) mass is 548 g/mol. The summed E-state index contributed by atoms with van der Waals surface area (Å²) in [6.45, 7) is 5.96. The standard InChI is InChI=1S/C31H36N2O2Se/c1-4-18-32-30(34)13-9-6-10-19-33-28-17-15-25(35-3)21-27(28)22(2)31(33)26-16-14-24(20-29(26)36)23-11-7-5-8-12-23/h5,7-8,11-12,14-17,20-21,36H,4,6,9-10,13,18-19H2,1-3H3,(H,32,34). The predicted molar refractivity (Wildman–Crippen MR) is 153 cm³/mol. The number of aryl methyl sites for hydroxylation is 2. The van der Waals surface area contributed by atoms with Crippen molar-refractivity contribution in [1.29, 1.82) is 0 Å². The number of benzene rings is 3. The van der Waals surface area contributed by atoms with Crippen molar-refractivity contribution in [1.82, 2.24) is 9.88 Å². The van der Waals surface area contributed by atoms with Crippen LogP contribution in [0.2, 0.25) is 0 Å². The summed E-state index contributed by atoms with van der Waals surface area (Å²) in [5.41, 5.74) is 7.43. The third-order valence-electron chi connectivity index (χ3n) is 6.74. The topological polar surface area (TPSA) is 43.3 Å². The predicted octanol–water partition coefficient (Wildman–Crippen LogP) is 5.91. The summed E-state index contributed by atoms with van der Waals surface area (Å²) in [4.78, 5) is 12.0. The van der Waals surface area contributed by atoms with E-state index in [9.17, 15) is 4.79 Å². The number of methoxy groups -OCH3 is 1. The van der Waals surface area contributed by atoms with Gasteiger partial charge in [-0.2, -0.15) is 0 Å². The van der Waals surface area contributed by atoms with Gasteiger partial charge < -0.3 is 0 Å². The first-order valence-corrected chi connectivity index (χ1v) is 13.8. The summed E-state index contributed by atoms with van der Waals surface area (Å²) in [7, 11) is 1.72. The SMILES string of the molecule is CCCNC(=O)CCCCCn1c(-c2ccc(-c3ccccc3)cc2[SeH])c(C)c2cc(OC)ccc21. The average Bonchev–Trinajstić information content (AvgIpc) is 3.18. The number of fused-ring (bicyclic) bond motifs is 1. The third kappa shape index (κ3) is 5.86. The Balaban J connectivity index is 1.63. The molecule has 1 N–H and O–H groups in total. The number of amides is 1. The molecule has 0 spiro atoms. The van der Waals surface area contributed by atoms with E-state index in [-0.39, 0.29) is 5.91 Å². The van der Waals surface area contributed by atoms with Crippen LogP contribution in [-0.2, 0) is 11.3 Å². The number of carbonyl (C=O) groups excluding carboxylic acids is 1. The molecular weight excluding hydrogens is 511 g/mol.